The van der Waals surface area contributed by atoms with Gasteiger partial charge in [-0.2, -0.15) is 11.8 Å². The summed E-state index contributed by atoms with van der Waals surface area (Å²) in [6.45, 7) is 2.82. The van der Waals surface area contributed by atoms with E-state index >= 15 is 0 Å². The molecule has 0 bridgehead atoms. The van der Waals surface area contributed by atoms with Crippen LogP contribution in [0.15, 0.2) is 0 Å². The molecule has 1 unspecified atom stereocenters. The van der Waals surface area contributed by atoms with Gasteiger partial charge in [0.25, 0.3) is 0 Å². The van der Waals surface area contributed by atoms with Crippen molar-refractivity contribution in [1.29, 1.82) is 0 Å². The van der Waals surface area contributed by atoms with Crippen LogP contribution in [0.4, 0.5) is 4.79 Å². The Bertz CT molecular complexity index is 142. The van der Waals surface area contributed by atoms with Crippen LogP contribution >= 0.6 is 23.4 Å². The summed E-state index contributed by atoms with van der Waals surface area (Å²) in [6.07, 6.45) is 0. The van der Waals surface area contributed by atoms with Crippen molar-refractivity contribution >= 4 is 28.7 Å². The van der Waals surface area contributed by atoms with E-state index in [-0.39, 0.29) is 5.37 Å². The molecule has 1 aliphatic heterocycles. The van der Waals surface area contributed by atoms with Crippen LogP contribution in [0.25, 0.3) is 0 Å². The smallest absolute Gasteiger partial charge is 0.316 e. The van der Waals surface area contributed by atoms with Gasteiger partial charge >= 0.3 is 5.37 Å². The Labute approximate surface area is 69.9 Å². The van der Waals surface area contributed by atoms with E-state index in [1.807, 2.05) is 18.7 Å². The molecule has 0 saturated carbocycles. The van der Waals surface area contributed by atoms with Crippen LogP contribution in [-0.2, 0) is 0 Å². The van der Waals surface area contributed by atoms with E-state index in [4.69, 9.17) is 11.6 Å². The molecular weight excluding hydrogens is 170 g/mol. The van der Waals surface area contributed by atoms with Gasteiger partial charge in [0, 0.05) is 24.1 Å². The first kappa shape index (κ1) is 8.21. The number of carbonyl (C=O) groups is 1. The second-order valence-electron chi connectivity index (χ2n) is 2.37. The molecule has 0 aromatic carbocycles. The van der Waals surface area contributed by atoms with Gasteiger partial charge in [-0.1, -0.05) is 0 Å². The molecule has 1 rings (SSSR count). The van der Waals surface area contributed by atoms with Crippen molar-refractivity contribution in [3.05, 3.63) is 0 Å². The van der Waals surface area contributed by atoms with Gasteiger partial charge in [0.2, 0.25) is 0 Å². The van der Waals surface area contributed by atoms with Crippen LogP contribution in [0.3, 0.4) is 0 Å². The van der Waals surface area contributed by atoms with Crippen molar-refractivity contribution in [2.75, 3.05) is 18.1 Å². The van der Waals surface area contributed by atoms with Gasteiger partial charge in [0.1, 0.15) is 0 Å². The highest BCUT2D eigenvalue weighted by Gasteiger charge is 2.21. The Morgan fingerprint density at radius 3 is 2.90 bits per heavy atom. The molecule has 2 nitrogen and oxygen atoms in total. The van der Waals surface area contributed by atoms with Crippen molar-refractivity contribution < 1.29 is 4.79 Å². The molecular formula is C6H10ClNOS. The third kappa shape index (κ3) is 1.80. The van der Waals surface area contributed by atoms with Crippen LogP contribution in [0.2, 0.25) is 0 Å². The fourth-order valence-corrected chi connectivity index (χ4v) is 2.25. The maximum atomic E-state index is 10.7. The molecule has 1 heterocycles. The number of amides is 1. The molecule has 10 heavy (non-hydrogen) atoms. The van der Waals surface area contributed by atoms with Gasteiger partial charge in [0.15, 0.2) is 0 Å². The molecule has 1 atom stereocenters. The third-order valence-electron chi connectivity index (χ3n) is 1.59. The normalized spacial score (nSPS) is 26.6. The minimum absolute atomic E-state index is 0.309. The molecule has 0 aromatic heterocycles. The number of hydrogen-bond donors (Lipinski definition) is 0. The fourth-order valence-electron chi connectivity index (χ4n) is 0.988. The number of nitrogens with zero attached hydrogens (tertiary/aromatic N) is 1. The average Bonchev–Trinajstić information content (AvgIpc) is 1.88. The Morgan fingerprint density at radius 1 is 1.80 bits per heavy atom. The zero-order valence-electron chi connectivity index (χ0n) is 5.84. The standard InChI is InChI=1S/C6H10ClNOS/c1-5-4-10-3-2-8(5)6(7)9/h5H,2-4H2,1H3. The van der Waals surface area contributed by atoms with Crippen LogP contribution in [0.1, 0.15) is 6.92 Å². The topological polar surface area (TPSA) is 20.3 Å². The van der Waals surface area contributed by atoms with Crippen molar-refractivity contribution in [3.8, 4) is 0 Å². The lowest BCUT2D eigenvalue weighted by Gasteiger charge is -2.30. The first-order valence-electron chi connectivity index (χ1n) is 3.25. The van der Waals surface area contributed by atoms with Gasteiger partial charge < -0.3 is 4.90 Å². The lowest BCUT2D eigenvalue weighted by molar-refractivity contribution is 0.211. The zero-order valence-corrected chi connectivity index (χ0v) is 7.41. The summed E-state index contributed by atoms with van der Waals surface area (Å²) in [4.78, 5) is 12.4. The van der Waals surface area contributed by atoms with E-state index in [1.165, 1.54) is 0 Å². The summed E-state index contributed by atoms with van der Waals surface area (Å²) in [7, 11) is 0. The number of hydrogen-bond acceptors (Lipinski definition) is 2. The summed E-state index contributed by atoms with van der Waals surface area (Å²) in [5, 5.41) is -0.312. The van der Waals surface area contributed by atoms with E-state index in [2.05, 4.69) is 0 Å². The monoisotopic (exact) mass is 179 g/mol. The van der Waals surface area contributed by atoms with Crippen LogP contribution in [0.5, 0.6) is 0 Å². The van der Waals surface area contributed by atoms with Gasteiger partial charge in [-0.05, 0) is 18.5 Å². The minimum atomic E-state index is -0.312. The van der Waals surface area contributed by atoms with Crippen molar-refractivity contribution in [2.45, 2.75) is 13.0 Å². The fraction of sp³-hybridized carbons (Fsp3) is 0.833. The molecule has 1 amide bonds. The molecule has 0 aliphatic carbocycles. The first-order valence-corrected chi connectivity index (χ1v) is 4.79. The quantitative estimate of drug-likeness (QED) is 0.418. The van der Waals surface area contributed by atoms with E-state index in [9.17, 15) is 4.79 Å². The molecule has 1 fully saturated rings. The summed E-state index contributed by atoms with van der Waals surface area (Å²) in [5.41, 5.74) is 0. The molecule has 0 spiro atoms. The maximum Gasteiger partial charge on any atom is 0.316 e. The Balaban J connectivity index is 2.47. The van der Waals surface area contributed by atoms with Crippen LogP contribution in [0, 0.1) is 0 Å². The van der Waals surface area contributed by atoms with Crippen LogP contribution < -0.4 is 0 Å². The van der Waals surface area contributed by atoms with Crippen molar-refractivity contribution in [2.24, 2.45) is 0 Å². The van der Waals surface area contributed by atoms with Gasteiger partial charge in [0.05, 0.1) is 0 Å². The largest absolute Gasteiger partial charge is 0.325 e. The number of rotatable bonds is 0. The van der Waals surface area contributed by atoms with E-state index in [0.717, 1.165) is 18.1 Å². The summed E-state index contributed by atoms with van der Waals surface area (Å²) in [6, 6.07) is 0.309. The third-order valence-corrected chi connectivity index (χ3v) is 3.00. The van der Waals surface area contributed by atoms with Crippen molar-refractivity contribution in [1.82, 2.24) is 4.90 Å². The SMILES string of the molecule is CC1CSCCN1C(=O)Cl. The highest BCUT2D eigenvalue weighted by molar-refractivity contribution is 7.99. The number of halogens is 1. The number of carbonyl (C=O) groups excluding carboxylic acids is 1. The minimum Gasteiger partial charge on any atom is -0.325 e. The number of thioether (sulfide) groups is 1. The van der Waals surface area contributed by atoms with E-state index in [0.29, 0.717) is 6.04 Å². The molecule has 4 heteroatoms. The van der Waals surface area contributed by atoms with Crippen LogP contribution in [-0.4, -0.2) is 34.4 Å². The second-order valence-corrected chi connectivity index (χ2v) is 3.84. The molecule has 0 aromatic rings. The lowest BCUT2D eigenvalue weighted by atomic mass is 10.3. The Hall–Kier alpha value is 0.110. The summed E-state index contributed by atoms with van der Waals surface area (Å²) < 4.78 is 0. The van der Waals surface area contributed by atoms with Gasteiger partial charge in [-0.25, -0.2) is 0 Å². The average molecular weight is 180 g/mol. The zero-order chi connectivity index (χ0) is 7.56. The van der Waals surface area contributed by atoms with Gasteiger partial charge in [-0.3, -0.25) is 4.79 Å². The summed E-state index contributed by atoms with van der Waals surface area (Å²) >= 11 is 7.20. The second kappa shape index (κ2) is 3.49. The predicted molar refractivity (Wildman–Crippen MR) is 44.7 cm³/mol. The molecule has 1 saturated heterocycles. The molecule has 0 N–H and O–H groups in total. The van der Waals surface area contributed by atoms with Gasteiger partial charge in [-0.15, -0.1) is 0 Å². The van der Waals surface area contributed by atoms with Crippen molar-refractivity contribution in [3.63, 3.8) is 0 Å². The first-order chi connectivity index (χ1) is 4.72. The Morgan fingerprint density at radius 2 is 2.50 bits per heavy atom. The van der Waals surface area contributed by atoms with E-state index in [1.54, 1.807) is 4.90 Å². The molecule has 1 aliphatic rings. The highest BCUT2D eigenvalue weighted by Crippen LogP contribution is 2.16. The summed E-state index contributed by atoms with van der Waals surface area (Å²) in [5.74, 6) is 2.03. The highest BCUT2D eigenvalue weighted by atomic mass is 35.5. The molecule has 0 radical (unpaired) electrons. The lowest BCUT2D eigenvalue weighted by Crippen LogP contribution is -2.41. The predicted octanol–water partition coefficient (Wildman–Crippen LogP) is 1.78. The molecule has 58 valence electrons. The maximum absolute atomic E-state index is 10.7. The Kier molecular flexibility index (Phi) is 2.86. The van der Waals surface area contributed by atoms with E-state index < -0.39 is 0 Å².